The van der Waals surface area contributed by atoms with Gasteiger partial charge in [0.2, 0.25) is 5.91 Å². The molecule has 0 radical (unpaired) electrons. The van der Waals surface area contributed by atoms with E-state index < -0.39 is 22.0 Å². The van der Waals surface area contributed by atoms with Gasteiger partial charge in [-0.1, -0.05) is 35.3 Å². The molecule has 130 valence electrons. The summed E-state index contributed by atoms with van der Waals surface area (Å²) in [6.07, 6.45) is 0. The molecule has 0 aliphatic carbocycles. The third kappa shape index (κ3) is 3.63. The maximum atomic E-state index is 12.3. The first-order chi connectivity index (χ1) is 11.8. The van der Waals surface area contributed by atoms with Gasteiger partial charge in [0.25, 0.3) is 10.0 Å². The molecule has 9 heteroatoms. The Morgan fingerprint density at radius 2 is 1.88 bits per heavy atom. The molecule has 25 heavy (non-hydrogen) atoms. The van der Waals surface area contributed by atoms with Gasteiger partial charge in [0.1, 0.15) is 11.9 Å². The van der Waals surface area contributed by atoms with Crippen LogP contribution in [0.5, 0.6) is 0 Å². The van der Waals surface area contributed by atoms with Gasteiger partial charge in [0.05, 0.1) is 14.9 Å². The Morgan fingerprint density at radius 3 is 2.60 bits per heavy atom. The highest BCUT2D eigenvalue weighted by atomic mass is 35.5. The molecule has 0 bridgehead atoms. The average molecular weight is 398 g/mol. The Morgan fingerprint density at radius 1 is 1.16 bits per heavy atom. The average Bonchev–Trinajstić information content (AvgIpc) is 2.82. The van der Waals surface area contributed by atoms with E-state index in [0.29, 0.717) is 21.3 Å². The van der Waals surface area contributed by atoms with Crippen LogP contribution in [0, 0.1) is 0 Å². The summed E-state index contributed by atoms with van der Waals surface area (Å²) in [5, 5.41) is 3.36. The highest BCUT2D eigenvalue weighted by molar-refractivity contribution is 7.90. The van der Waals surface area contributed by atoms with Crippen LogP contribution in [0.1, 0.15) is 12.5 Å². The van der Waals surface area contributed by atoms with Crippen molar-refractivity contribution in [1.82, 2.24) is 4.72 Å². The number of rotatable bonds is 3. The zero-order chi connectivity index (χ0) is 18.2. The lowest BCUT2D eigenvalue weighted by molar-refractivity contribution is -0.117. The maximum absolute atomic E-state index is 12.3. The summed E-state index contributed by atoms with van der Waals surface area (Å²) in [7, 11) is -3.64. The lowest BCUT2D eigenvalue weighted by Gasteiger charge is -2.10. The van der Waals surface area contributed by atoms with Gasteiger partial charge in [0.15, 0.2) is 0 Å². The maximum Gasteiger partial charge on any atom is 0.263 e. The fourth-order valence-electron chi connectivity index (χ4n) is 2.30. The highest BCUT2D eigenvalue weighted by Crippen LogP contribution is 2.25. The Balaban J connectivity index is 1.82. The Hall–Kier alpha value is -2.09. The van der Waals surface area contributed by atoms with E-state index in [9.17, 15) is 13.2 Å². The molecule has 0 spiro atoms. The van der Waals surface area contributed by atoms with E-state index in [0.717, 1.165) is 0 Å². The van der Waals surface area contributed by atoms with Crippen molar-refractivity contribution in [3.05, 3.63) is 58.1 Å². The van der Waals surface area contributed by atoms with Crippen LogP contribution in [-0.2, 0) is 14.8 Å². The van der Waals surface area contributed by atoms with Crippen molar-refractivity contribution in [2.24, 2.45) is 4.99 Å². The van der Waals surface area contributed by atoms with Crippen LogP contribution < -0.4 is 10.0 Å². The monoisotopic (exact) mass is 397 g/mol. The number of hydrogen-bond acceptors (Lipinski definition) is 4. The summed E-state index contributed by atoms with van der Waals surface area (Å²) in [5.41, 5.74) is 0.913. The van der Waals surface area contributed by atoms with E-state index in [1.807, 2.05) is 0 Å². The number of benzene rings is 2. The number of carbonyl (C=O) groups excluding carboxylic acids is 1. The van der Waals surface area contributed by atoms with E-state index in [1.165, 1.54) is 12.1 Å². The second-order valence-electron chi connectivity index (χ2n) is 5.37. The highest BCUT2D eigenvalue weighted by Gasteiger charge is 2.31. The van der Waals surface area contributed by atoms with Crippen molar-refractivity contribution < 1.29 is 13.2 Å². The molecular formula is C16H13Cl2N3O3S. The van der Waals surface area contributed by atoms with Crippen molar-refractivity contribution in [1.29, 1.82) is 0 Å². The van der Waals surface area contributed by atoms with E-state index in [1.54, 1.807) is 37.3 Å². The first-order valence-corrected chi connectivity index (χ1v) is 9.48. The van der Waals surface area contributed by atoms with Crippen LogP contribution in [0.25, 0.3) is 0 Å². The number of carbonyl (C=O) groups is 1. The minimum atomic E-state index is -3.64. The molecule has 6 nitrogen and oxygen atoms in total. The molecule has 1 atom stereocenters. The zero-order valence-corrected chi connectivity index (χ0v) is 15.3. The van der Waals surface area contributed by atoms with Crippen LogP contribution in [0.3, 0.4) is 0 Å². The third-order valence-electron chi connectivity index (χ3n) is 3.55. The minimum Gasteiger partial charge on any atom is -0.324 e. The number of nitrogens with zero attached hydrogens (tertiary/aromatic N) is 1. The quantitative estimate of drug-likeness (QED) is 0.833. The van der Waals surface area contributed by atoms with Crippen LogP contribution in [0.15, 0.2) is 52.4 Å². The Bertz CT molecular complexity index is 990. The van der Waals surface area contributed by atoms with Crippen molar-refractivity contribution in [3.63, 3.8) is 0 Å². The van der Waals surface area contributed by atoms with Gasteiger partial charge in [0, 0.05) is 11.3 Å². The number of hydrogen-bond donors (Lipinski definition) is 2. The number of amides is 1. The number of fused-ring (bicyclic) bond motifs is 1. The smallest absolute Gasteiger partial charge is 0.263 e. The molecule has 0 aromatic heterocycles. The fourth-order valence-corrected chi connectivity index (χ4v) is 3.84. The summed E-state index contributed by atoms with van der Waals surface area (Å²) < 4.78 is 26.5. The standard InChI is InChI=1S/C16H13Cl2N3O3S/c1-9(16(22)20-10-6-7-12(17)13(18)8-10)19-15-11-4-2-3-5-14(11)25(23,24)21-15/h2-9H,1H3,(H,19,21)(H,20,22)/t9-/m1/s1. The minimum absolute atomic E-state index is 0.144. The van der Waals surface area contributed by atoms with Crippen molar-refractivity contribution in [2.75, 3.05) is 5.32 Å². The first-order valence-electron chi connectivity index (χ1n) is 7.24. The van der Waals surface area contributed by atoms with Crippen molar-refractivity contribution in [3.8, 4) is 0 Å². The molecule has 0 unspecified atom stereocenters. The van der Waals surface area contributed by atoms with Gasteiger partial charge in [-0.05, 0) is 37.3 Å². The molecule has 0 saturated heterocycles. The van der Waals surface area contributed by atoms with Gasteiger partial charge in [-0.25, -0.2) is 8.42 Å². The summed E-state index contributed by atoms with van der Waals surface area (Å²) >= 11 is 11.8. The second-order valence-corrected chi connectivity index (χ2v) is 7.84. The lowest BCUT2D eigenvalue weighted by Crippen LogP contribution is -2.28. The number of anilines is 1. The normalized spacial score (nSPS) is 17.6. The number of sulfonamides is 1. The molecule has 3 rings (SSSR count). The predicted molar refractivity (Wildman–Crippen MR) is 97.9 cm³/mol. The molecule has 2 aromatic carbocycles. The molecule has 1 heterocycles. The number of nitrogens with one attached hydrogen (secondary N) is 2. The molecular weight excluding hydrogens is 385 g/mol. The number of aliphatic imine (C=N–C) groups is 1. The zero-order valence-electron chi connectivity index (χ0n) is 13.0. The Kier molecular flexibility index (Phi) is 4.73. The predicted octanol–water partition coefficient (Wildman–Crippen LogP) is 3.06. The van der Waals surface area contributed by atoms with Gasteiger partial charge >= 0.3 is 0 Å². The number of amidine groups is 1. The van der Waals surface area contributed by atoms with Gasteiger partial charge in [-0.15, -0.1) is 0 Å². The van der Waals surface area contributed by atoms with Crippen LogP contribution in [0.4, 0.5) is 5.69 Å². The summed E-state index contributed by atoms with van der Waals surface area (Å²) in [6.45, 7) is 1.56. The molecule has 1 aliphatic rings. The summed E-state index contributed by atoms with van der Waals surface area (Å²) in [4.78, 5) is 16.6. The molecule has 1 aliphatic heterocycles. The molecule has 0 fully saturated rings. The fraction of sp³-hybridized carbons (Fsp3) is 0.125. The number of halogens is 2. The van der Waals surface area contributed by atoms with Crippen molar-refractivity contribution >= 4 is 50.7 Å². The molecule has 0 saturated carbocycles. The van der Waals surface area contributed by atoms with E-state index in [4.69, 9.17) is 23.2 Å². The lowest BCUT2D eigenvalue weighted by atomic mass is 10.2. The third-order valence-corrected chi connectivity index (χ3v) is 5.69. The van der Waals surface area contributed by atoms with Gasteiger partial charge < -0.3 is 5.32 Å². The van der Waals surface area contributed by atoms with Gasteiger partial charge in [-0.2, -0.15) is 0 Å². The topological polar surface area (TPSA) is 87.6 Å². The van der Waals surface area contributed by atoms with E-state index in [2.05, 4.69) is 15.0 Å². The van der Waals surface area contributed by atoms with Gasteiger partial charge in [-0.3, -0.25) is 14.5 Å². The van der Waals surface area contributed by atoms with Crippen LogP contribution in [0.2, 0.25) is 10.0 Å². The van der Waals surface area contributed by atoms with Crippen LogP contribution in [-0.4, -0.2) is 26.2 Å². The SMILES string of the molecule is C[C@@H](N=C1NS(=O)(=O)c2ccccc21)C(=O)Nc1ccc(Cl)c(Cl)c1. The first kappa shape index (κ1) is 17.7. The summed E-state index contributed by atoms with van der Waals surface area (Å²) in [6, 6.07) is 10.3. The second kappa shape index (κ2) is 6.67. The van der Waals surface area contributed by atoms with Crippen LogP contribution >= 0.6 is 23.2 Å². The summed E-state index contributed by atoms with van der Waals surface area (Å²) in [5.74, 6) is -0.262. The van der Waals surface area contributed by atoms with E-state index in [-0.39, 0.29) is 10.7 Å². The molecule has 2 aromatic rings. The molecule has 1 amide bonds. The van der Waals surface area contributed by atoms with E-state index >= 15 is 0 Å². The largest absolute Gasteiger partial charge is 0.324 e. The van der Waals surface area contributed by atoms with Crippen molar-refractivity contribution in [2.45, 2.75) is 17.9 Å². The Labute approximate surface area is 154 Å². The molecule has 2 N–H and O–H groups in total.